The van der Waals surface area contributed by atoms with Crippen molar-refractivity contribution in [3.05, 3.63) is 111 Å². The van der Waals surface area contributed by atoms with Crippen molar-refractivity contribution < 1.29 is 4.92 Å². The number of benzene rings is 3. The van der Waals surface area contributed by atoms with Gasteiger partial charge in [-0.3, -0.25) is 14.9 Å². The summed E-state index contributed by atoms with van der Waals surface area (Å²) in [4.78, 5) is 23.3. The molecule has 0 radical (unpaired) electrons. The summed E-state index contributed by atoms with van der Waals surface area (Å²) in [5.74, 6) is 0. The molecule has 0 unspecified atom stereocenters. The molecule has 6 heteroatoms. The smallest absolute Gasteiger partial charge is 0.267 e. The highest BCUT2D eigenvalue weighted by molar-refractivity contribution is 5.80. The summed E-state index contributed by atoms with van der Waals surface area (Å²) in [5, 5.41) is 15.6. The van der Waals surface area contributed by atoms with E-state index in [-0.39, 0.29) is 11.2 Å². The molecule has 4 aromatic rings. The molecule has 0 atom stereocenters. The molecule has 4 rings (SSSR count). The number of rotatable bonds is 4. The van der Waals surface area contributed by atoms with E-state index in [0.717, 1.165) is 5.56 Å². The first kappa shape index (κ1) is 17.4. The summed E-state index contributed by atoms with van der Waals surface area (Å²) < 4.78 is 1.34. The molecule has 0 saturated carbocycles. The first-order chi connectivity index (χ1) is 13.6. The van der Waals surface area contributed by atoms with Crippen LogP contribution in [0.1, 0.15) is 0 Å². The summed E-state index contributed by atoms with van der Waals surface area (Å²) in [5.41, 5.74) is 3.18. The molecule has 0 aliphatic carbocycles. The highest BCUT2D eigenvalue weighted by Gasteiger charge is 2.15. The normalized spacial score (nSPS) is 10.6. The van der Waals surface area contributed by atoms with Crippen molar-refractivity contribution >= 4 is 5.69 Å². The van der Waals surface area contributed by atoms with Crippen LogP contribution in [0.25, 0.3) is 28.1 Å². The topological polar surface area (TPSA) is 78.0 Å². The molecular formula is C22H15N3O3. The van der Waals surface area contributed by atoms with E-state index in [1.165, 1.54) is 16.8 Å². The summed E-state index contributed by atoms with van der Waals surface area (Å²) in [7, 11) is 0. The first-order valence-corrected chi connectivity index (χ1v) is 8.63. The lowest BCUT2D eigenvalue weighted by atomic mass is 10.00. The lowest BCUT2D eigenvalue weighted by molar-refractivity contribution is -0.384. The molecule has 0 amide bonds. The second kappa shape index (κ2) is 7.28. The van der Waals surface area contributed by atoms with Crippen molar-refractivity contribution in [2.45, 2.75) is 0 Å². The molecule has 0 N–H and O–H groups in total. The number of aromatic nitrogens is 2. The number of nitro groups is 1. The van der Waals surface area contributed by atoms with Gasteiger partial charge in [0.15, 0.2) is 0 Å². The summed E-state index contributed by atoms with van der Waals surface area (Å²) >= 11 is 0. The molecule has 3 aromatic carbocycles. The molecule has 28 heavy (non-hydrogen) atoms. The first-order valence-electron chi connectivity index (χ1n) is 8.63. The second-order valence-corrected chi connectivity index (χ2v) is 6.16. The van der Waals surface area contributed by atoms with Crippen LogP contribution in [0.2, 0.25) is 0 Å². The van der Waals surface area contributed by atoms with Crippen LogP contribution in [0.4, 0.5) is 5.69 Å². The fourth-order valence-electron chi connectivity index (χ4n) is 3.00. The number of hydrogen-bond acceptors (Lipinski definition) is 4. The fourth-order valence-corrected chi connectivity index (χ4v) is 3.00. The van der Waals surface area contributed by atoms with Crippen LogP contribution in [0.5, 0.6) is 0 Å². The number of hydrogen-bond donors (Lipinski definition) is 0. The number of nitrogens with zero attached hydrogens (tertiary/aromatic N) is 3. The molecule has 0 spiro atoms. The lowest BCUT2D eigenvalue weighted by Gasteiger charge is -2.12. The molecule has 0 aliphatic rings. The van der Waals surface area contributed by atoms with Crippen LogP contribution in [-0.2, 0) is 0 Å². The second-order valence-electron chi connectivity index (χ2n) is 6.16. The van der Waals surface area contributed by atoms with Crippen LogP contribution in [0, 0.1) is 10.1 Å². The van der Waals surface area contributed by atoms with Crippen molar-refractivity contribution in [3.8, 4) is 28.1 Å². The van der Waals surface area contributed by atoms with Gasteiger partial charge in [-0.1, -0.05) is 48.5 Å². The van der Waals surface area contributed by atoms with E-state index in [0.29, 0.717) is 22.5 Å². The Labute approximate surface area is 160 Å². The van der Waals surface area contributed by atoms with Gasteiger partial charge < -0.3 is 0 Å². The minimum Gasteiger partial charge on any atom is -0.267 e. The van der Waals surface area contributed by atoms with E-state index >= 15 is 0 Å². The van der Waals surface area contributed by atoms with Gasteiger partial charge in [-0.15, -0.1) is 0 Å². The molecule has 0 saturated heterocycles. The molecule has 0 aliphatic heterocycles. The van der Waals surface area contributed by atoms with Crippen LogP contribution in [-0.4, -0.2) is 14.7 Å². The molecule has 136 valence electrons. The lowest BCUT2D eigenvalue weighted by Crippen LogP contribution is -2.21. The van der Waals surface area contributed by atoms with Gasteiger partial charge in [-0.05, 0) is 29.8 Å². The number of non-ortho nitro benzene ring substituents is 1. The molecular weight excluding hydrogens is 354 g/mol. The van der Waals surface area contributed by atoms with Gasteiger partial charge in [-0.25, -0.2) is 0 Å². The molecule has 6 nitrogen and oxygen atoms in total. The third kappa shape index (κ3) is 3.31. The maximum atomic E-state index is 12.8. The monoisotopic (exact) mass is 369 g/mol. The van der Waals surface area contributed by atoms with E-state index in [9.17, 15) is 14.9 Å². The van der Waals surface area contributed by atoms with Gasteiger partial charge in [0.2, 0.25) is 0 Å². The minimum absolute atomic E-state index is 0.00129. The standard InChI is InChI=1S/C22H15N3O3/c26-21-15-20(16-7-3-1-4-8-16)22(17-11-13-19(14-12-17)25(27)28)23-24(21)18-9-5-2-6-10-18/h1-15H. The Balaban J connectivity index is 1.95. The Morgan fingerprint density at radius 3 is 2.00 bits per heavy atom. The Morgan fingerprint density at radius 1 is 0.786 bits per heavy atom. The van der Waals surface area contributed by atoms with Crippen molar-refractivity contribution in [2.75, 3.05) is 0 Å². The van der Waals surface area contributed by atoms with Crippen molar-refractivity contribution in [1.29, 1.82) is 0 Å². The van der Waals surface area contributed by atoms with Crippen LogP contribution in [0.3, 0.4) is 0 Å². The number of para-hydroxylation sites is 1. The summed E-state index contributed by atoms with van der Waals surface area (Å²) in [6.07, 6.45) is 0. The predicted octanol–water partition coefficient (Wildman–Crippen LogP) is 4.47. The van der Waals surface area contributed by atoms with Gasteiger partial charge in [0.25, 0.3) is 11.2 Å². The van der Waals surface area contributed by atoms with Gasteiger partial charge in [0, 0.05) is 29.3 Å². The van der Waals surface area contributed by atoms with Crippen molar-refractivity contribution in [2.24, 2.45) is 0 Å². The molecule has 1 aromatic heterocycles. The quantitative estimate of drug-likeness (QED) is 0.393. The Morgan fingerprint density at radius 2 is 1.39 bits per heavy atom. The average molecular weight is 369 g/mol. The van der Waals surface area contributed by atoms with E-state index in [1.54, 1.807) is 30.3 Å². The van der Waals surface area contributed by atoms with Crippen LogP contribution >= 0.6 is 0 Å². The van der Waals surface area contributed by atoms with Gasteiger partial charge in [0.1, 0.15) is 0 Å². The predicted molar refractivity (Wildman–Crippen MR) is 107 cm³/mol. The Hall–Kier alpha value is -4.06. The third-order valence-electron chi connectivity index (χ3n) is 4.37. The van der Waals surface area contributed by atoms with E-state index in [4.69, 9.17) is 0 Å². The fraction of sp³-hybridized carbons (Fsp3) is 0. The maximum absolute atomic E-state index is 12.8. The highest BCUT2D eigenvalue weighted by Crippen LogP contribution is 2.30. The van der Waals surface area contributed by atoms with E-state index in [1.807, 2.05) is 48.5 Å². The zero-order valence-corrected chi connectivity index (χ0v) is 14.7. The largest absolute Gasteiger partial charge is 0.272 e. The van der Waals surface area contributed by atoms with Gasteiger partial charge in [-0.2, -0.15) is 9.78 Å². The zero-order chi connectivity index (χ0) is 19.5. The summed E-state index contributed by atoms with van der Waals surface area (Å²) in [6.45, 7) is 0. The maximum Gasteiger partial charge on any atom is 0.272 e. The average Bonchev–Trinajstić information content (AvgIpc) is 2.75. The third-order valence-corrected chi connectivity index (χ3v) is 4.37. The SMILES string of the molecule is O=c1cc(-c2ccccc2)c(-c2ccc([N+](=O)[O-])cc2)nn1-c1ccccc1. The number of nitro benzene ring substituents is 1. The van der Waals surface area contributed by atoms with Crippen molar-refractivity contribution in [1.82, 2.24) is 9.78 Å². The zero-order valence-electron chi connectivity index (χ0n) is 14.7. The minimum atomic E-state index is -0.444. The van der Waals surface area contributed by atoms with Crippen molar-refractivity contribution in [3.63, 3.8) is 0 Å². The van der Waals surface area contributed by atoms with Gasteiger partial charge >= 0.3 is 0 Å². The molecule has 0 bridgehead atoms. The van der Waals surface area contributed by atoms with E-state index < -0.39 is 4.92 Å². The highest BCUT2D eigenvalue weighted by atomic mass is 16.6. The van der Waals surface area contributed by atoms with Crippen LogP contribution < -0.4 is 5.56 Å². The van der Waals surface area contributed by atoms with E-state index in [2.05, 4.69) is 5.10 Å². The molecule has 0 fully saturated rings. The Kier molecular flexibility index (Phi) is 4.51. The summed E-state index contributed by atoms with van der Waals surface area (Å²) in [6, 6.07) is 26.3. The van der Waals surface area contributed by atoms with Gasteiger partial charge in [0.05, 0.1) is 16.3 Å². The molecule has 1 heterocycles. The Bertz CT molecular complexity index is 1190. The van der Waals surface area contributed by atoms with Crippen LogP contribution in [0.15, 0.2) is 95.8 Å².